The van der Waals surface area contributed by atoms with Crippen LogP contribution in [-0.2, 0) is 9.53 Å². The second-order valence-corrected chi connectivity index (χ2v) is 6.66. The lowest BCUT2D eigenvalue weighted by molar-refractivity contribution is -0.387. The molecule has 0 N–H and O–H groups in total. The summed E-state index contributed by atoms with van der Waals surface area (Å²) in [4.78, 5) is 36.8. The minimum Gasteiger partial charge on any atom is -0.452 e. The van der Waals surface area contributed by atoms with Gasteiger partial charge in [0.05, 0.1) is 15.4 Å². The lowest BCUT2D eigenvalue weighted by Crippen LogP contribution is -2.41. The van der Waals surface area contributed by atoms with Crippen molar-refractivity contribution in [2.24, 2.45) is 5.92 Å². The van der Waals surface area contributed by atoms with Crippen molar-refractivity contribution in [3.05, 3.63) is 33.9 Å². The molecular weight excluding hydrogens is 332 g/mol. The van der Waals surface area contributed by atoms with E-state index >= 15 is 0 Å². The summed E-state index contributed by atoms with van der Waals surface area (Å²) in [6.45, 7) is 3.08. The molecule has 1 aromatic carbocycles. The van der Waals surface area contributed by atoms with Crippen molar-refractivity contribution in [1.29, 1.82) is 0 Å². The van der Waals surface area contributed by atoms with E-state index in [1.165, 1.54) is 30.0 Å². The van der Waals surface area contributed by atoms with E-state index in [1.807, 2.05) is 0 Å². The largest absolute Gasteiger partial charge is 0.452 e. The third kappa shape index (κ3) is 4.47. The van der Waals surface area contributed by atoms with Gasteiger partial charge in [0.15, 0.2) is 6.61 Å². The van der Waals surface area contributed by atoms with Gasteiger partial charge in [-0.2, -0.15) is 0 Å². The summed E-state index contributed by atoms with van der Waals surface area (Å²) >= 11 is 1.23. The van der Waals surface area contributed by atoms with Crippen molar-refractivity contribution in [2.45, 2.75) is 24.7 Å². The number of nitro benzene ring substituents is 1. The number of likely N-dealkylation sites (tertiary alicyclic amines) is 1. The van der Waals surface area contributed by atoms with E-state index in [1.54, 1.807) is 11.2 Å². The van der Waals surface area contributed by atoms with E-state index in [0.29, 0.717) is 23.9 Å². The Morgan fingerprint density at radius 3 is 2.83 bits per heavy atom. The Bertz CT molecular complexity index is 649. The Balaban J connectivity index is 1.98. The van der Waals surface area contributed by atoms with Crippen LogP contribution in [0.25, 0.3) is 0 Å². The molecule has 1 aromatic rings. The lowest BCUT2D eigenvalue weighted by Gasteiger charge is -2.30. The number of rotatable bonds is 5. The Morgan fingerprint density at radius 2 is 2.21 bits per heavy atom. The number of carbonyl (C=O) groups is 2. The maximum absolute atomic E-state index is 12.1. The van der Waals surface area contributed by atoms with Crippen molar-refractivity contribution >= 4 is 29.3 Å². The van der Waals surface area contributed by atoms with Gasteiger partial charge in [-0.25, -0.2) is 4.79 Å². The van der Waals surface area contributed by atoms with Crippen LogP contribution >= 0.6 is 11.8 Å². The predicted octanol–water partition coefficient (Wildman–Crippen LogP) is 2.73. The molecule has 0 bridgehead atoms. The molecule has 0 radical (unpaired) electrons. The molecule has 0 aliphatic carbocycles. The zero-order valence-electron chi connectivity index (χ0n) is 13.7. The van der Waals surface area contributed by atoms with Gasteiger partial charge in [0.25, 0.3) is 11.6 Å². The monoisotopic (exact) mass is 352 g/mol. The minimum absolute atomic E-state index is 0.0688. The molecule has 24 heavy (non-hydrogen) atoms. The molecule has 8 heteroatoms. The molecule has 1 fully saturated rings. The first kappa shape index (κ1) is 18.3. The Labute approximate surface area is 144 Å². The number of nitrogens with zero attached hydrogens (tertiary/aromatic N) is 2. The van der Waals surface area contributed by atoms with Crippen molar-refractivity contribution in [2.75, 3.05) is 26.0 Å². The third-order valence-electron chi connectivity index (χ3n) is 3.95. The van der Waals surface area contributed by atoms with Crippen molar-refractivity contribution in [3.63, 3.8) is 0 Å². The lowest BCUT2D eigenvalue weighted by atomic mass is 10.0. The van der Waals surface area contributed by atoms with Gasteiger partial charge < -0.3 is 9.64 Å². The van der Waals surface area contributed by atoms with Crippen LogP contribution in [0, 0.1) is 16.0 Å². The van der Waals surface area contributed by atoms with Crippen LogP contribution in [0.1, 0.15) is 30.1 Å². The Morgan fingerprint density at radius 1 is 1.46 bits per heavy atom. The van der Waals surface area contributed by atoms with E-state index in [0.717, 1.165) is 12.8 Å². The van der Waals surface area contributed by atoms with E-state index in [9.17, 15) is 19.7 Å². The first-order valence-electron chi connectivity index (χ1n) is 7.69. The smallest absolute Gasteiger partial charge is 0.338 e. The van der Waals surface area contributed by atoms with Crippen molar-refractivity contribution < 1.29 is 19.2 Å². The van der Waals surface area contributed by atoms with Gasteiger partial charge in [-0.15, -0.1) is 11.8 Å². The highest BCUT2D eigenvalue weighted by Crippen LogP contribution is 2.28. The van der Waals surface area contributed by atoms with E-state index < -0.39 is 10.9 Å². The quantitative estimate of drug-likeness (QED) is 0.350. The zero-order chi connectivity index (χ0) is 17.7. The average molecular weight is 352 g/mol. The highest BCUT2D eigenvalue weighted by molar-refractivity contribution is 7.98. The number of ether oxygens (including phenoxy) is 1. The fourth-order valence-electron chi connectivity index (χ4n) is 2.68. The molecule has 130 valence electrons. The topological polar surface area (TPSA) is 89.8 Å². The number of piperidine rings is 1. The molecule has 7 nitrogen and oxygen atoms in total. The molecule has 0 unspecified atom stereocenters. The molecule has 0 saturated carbocycles. The van der Waals surface area contributed by atoms with Gasteiger partial charge in [0.1, 0.15) is 0 Å². The Kier molecular flexibility index (Phi) is 6.19. The third-order valence-corrected chi connectivity index (χ3v) is 4.73. The minimum atomic E-state index is -0.732. The molecule has 0 aromatic heterocycles. The fraction of sp³-hybridized carbons (Fsp3) is 0.500. The normalized spacial score (nSPS) is 17.4. The fourth-order valence-corrected chi connectivity index (χ4v) is 3.22. The van der Waals surface area contributed by atoms with Crippen LogP contribution in [-0.4, -0.2) is 47.7 Å². The van der Waals surface area contributed by atoms with E-state index in [4.69, 9.17) is 4.74 Å². The van der Waals surface area contributed by atoms with Gasteiger partial charge in [-0.1, -0.05) is 6.92 Å². The van der Waals surface area contributed by atoms with Gasteiger partial charge in [0, 0.05) is 19.2 Å². The van der Waals surface area contributed by atoms with Crippen molar-refractivity contribution in [1.82, 2.24) is 4.90 Å². The number of benzene rings is 1. The molecular formula is C16H20N2O5S. The van der Waals surface area contributed by atoms with Gasteiger partial charge in [-0.3, -0.25) is 14.9 Å². The number of amides is 1. The first-order chi connectivity index (χ1) is 11.4. The highest BCUT2D eigenvalue weighted by Gasteiger charge is 2.23. The summed E-state index contributed by atoms with van der Waals surface area (Å²) in [7, 11) is 0. The SMILES string of the molecule is CSc1ccc(C(=O)OCC(=O)N2CCC[C@@H](C)C2)cc1[N+](=O)[O-]. The predicted molar refractivity (Wildman–Crippen MR) is 90.1 cm³/mol. The highest BCUT2D eigenvalue weighted by atomic mass is 32.2. The number of thioether (sulfide) groups is 1. The summed E-state index contributed by atoms with van der Waals surface area (Å²) < 4.78 is 5.03. The maximum Gasteiger partial charge on any atom is 0.338 e. The zero-order valence-corrected chi connectivity index (χ0v) is 14.5. The summed E-state index contributed by atoms with van der Waals surface area (Å²) in [6, 6.07) is 4.16. The van der Waals surface area contributed by atoms with Crippen LogP contribution in [0.15, 0.2) is 23.1 Å². The number of nitro groups is 1. The molecule has 1 atom stereocenters. The molecule has 0 spiro atoms. The maximum atomic E-state index is 12.1. The van der Waals surface area contributed by atoms with Gasteiger partial charge in [0.2, 0.25) is 0 Å². The molecule has 1 aliphatic heterocycles. The molecule has 1 aliphatic rings. The van der Waals surface area contributed by atoms with Crippen LogP contribution in [0.5, 0.6) is 0 Å². The number of esters is 1. The van der Waals surface area contributed by atoms with Crippen LogP contribution < -0.4 is 0 Å². The number of carbonyl (C=O) groups excluding carboxylic acids is 2. The van der Waals surface area contributed by atoms with E-state index in [2.05, 4.69) is 6.92 Å². The second-order valence-electron chi connectivity index (χ2n) is 5.81. The second kappa shape index (κ2) is 8.14. The van der Waals surface area contributed by atoms with Crippen molar-refractivity contribution in [3.8, 4) is 0 Å². The van der Waals surface area contributed by atoms with Crippen LogP contribution in [0.3, 0.4) is 0 Å². The average Bonchev–Trinajstić information content (AvgIpc) is 2.58. The standard InChI is InChI=1S/C16H20N2O5S/c1-11-4-3-7-17(9-11)15(19)10-23-16(20)12-5-6-14(24-2)13(8-12)18(21)22/h5-6,8,11H,3-4,7,9-10H2,1-2H3/t11-/m1/s1. The number of hydrogen-bond donors (Lipinski definition) is 0. The van der Waals surface area contributed by atoms with Crippen LogP contribution in [0.2, 0.25) is 0 Å². The summed E-state index contributed by atoms with van der Waals surface area (Å²) in [6.07, 6.45) is 3.76. The van der Waals surface area contributed by atoms with Gasteiger partial charge in [-0.05, 0) is 37.1 Å². The summed E-state index contributed by atoms with van der Waals surface area (Å²) in [5.41, 5.74) is -0.0764. The first-order valence-corrected chi connectivity index (χ1v) is 8.92. The summed E-state index contributed by atoms with van der Waals surface area (Å²) in [5, 5.41) is 11.0. The van der Waals surface area contributed by atoms with Crippen LogP contribution in [0.4, 0.5) is 5.69 Å². The number of hydrogen-bond acceptors (Lipinski definition) is 6. The molecule has 1 amide bonds. The molecule has 1 saturated heterocycles. The van der Waals surface area contributed by atoms with Gasteiger partial charge >= 0.3 is 5.97 Å². The molecule has 1 heterocycles. The Hall–Kier alpha value is -2.09. The molecule has 2 rings (SSSR count). The summed E-state index contributed by atoms with van der Waals surface area (Å²) in [5.74, 6) is -0.519. The van der Waals surface area contributed by atoms with E-state index in [-0.39, 0.29) is 23.8 Å².